The number of rotatable bonds is 3. The summed E-state index contributed by atoms with van der Waals surface area (Å²) in [6.45, 7) is 3.69. The van der Waals surface area contributed by atoms with Gasteiger partial charge in [-0.15, -0.1) is 0 Å². The molecular formula is C18H29N3O3. The lowest BCUT2D eigenvalue weighted by atomic mass is 9.73. The fraction of sp³-hybridized carbons (Fsp3) is 0.833. The Morgan fingerprint density at radius 1 is 1.00 bits per heavy atom. The van der Waals surface area contributed by atoms with Crippen LogP contribution in [0.5, 0.6) is 0 Å². The standard InChI is InChI=1S/C18H29N3O3/c22-15-5-7-18(14-19-15)8-12-21(13-9-18)17(24)6-11-20-10-3-1-2-4-16(20)23/h1-14H2,(H,19,22). The molecule has 0 aromatic rings. The van der Waals surface area contributed by atoms with E-state index in [1.54, 1.807) is 0 Å². The molecule has 6 nitrogen and oxygen atoms in total. The van der Waals surface area contributed by atoms with Crippen LogP contribution in [0.4, 0.5) is 0 Å². The minimum Gasteiger partial charge on any atom is -0.356 e. The van der Waals surface area contributed by atoms with Gasteiger partial charge in [0, 0.05) is 52.0 Å². The smallest absolute Gasteiger partial charge is 0.224 e. The Labute approximate surface area is 143 Å². The van der Waals surface area contributed by atoms with Gasteiger partial charge >= 0.3 is 0 Å². The second-order valence-corrected chi connectivity index (χ2v) is 7.60. The van der Waals surface area contributed by atoms with Crippen molar-refractivity contribution in [2.45, 2.75) is 57.8 Å². The lowest BCUT2D eigenvalue weighted by molar-refractivity contribution is -0.137. The normalized spacial score (nSPS) is 24.7. The Kier molecular flexibility index (Phi) is 5.41. The van der Waals surface area contributed by atoms with Crippen molar-refractivity contribution >= 4 is 17.7 Å². The van der Waals surface area contributed by atoms with Gasteiger partial charge in [0.05, 0.1) is 0 Å². The zero-order valence-electron chi connectivity index (χ0n) is 14.5. The van der Waals surface area contributed by atoms with Gasteiger partial charge in [0.15, 0.2) is 0 Å². The topological polar surface area (TPSA) is 69.7 Å². The molecular weight excluding hydrogens is 306 g/mol. The number of hydrogen-bond acceptors (Lipinski definition) is 3. The zero-order valence-corrected chi connectivity index (χ0v) is 14.5. The molecule has 24 heavy (non-hydrogen) atoms. The number of nitrogens with zero attached hydrogens (tertiary/aromatic N) is 2. The average Bonchev–Trinajstić information content (AvgIpc) is 2.80. The first-order chi connectivity index (χ1) is 11.6. The van der Waals surface area contributed by atoms with Crippen molar-refractivity contribution in [3.63, 3.8) is 0 Å². The van der Waals surface area contributed by atoms with E-state index in [0.29, 0.717) is 25.8 Å². The highest BCUT2D eigenvalue weighted by molar-refractivity contribution is 5.79. The molecule has 3 fully saturated rings. The minimum atomic E-state index is 0.154. The molecule has 3 heterocycles. The van der Waals surface area contributed by atoms with Crippen molar-refractivity contribution in [2.75, 3.05) is 32.7 Å². The van der Waals surface area contributed by atoms with Crippen molar-refractivity contribution < 1.29 is 14.4 Å². The molecule has 6 heteroatoms. The third kappa shape index (κ3) is 4.08. The van der Waals surface area contributed by atoms with Crippen molar-refractivity contribution in [1.82, 2.24) is 15.1 Å². The van der Waals surface area contributed by atoms with E-state index >= 15 is 0 Å². The van der Waals surface area contributed by atoms with Crippen molar-refractivity contribution in [2.24, 2.45) is 5.41 Å². The van der Waals surface area contributed by atoms with Gasteiger partial charge < -0.3 is 15.1 Å². The molecule has 1 spiro atoms. The van der Waals surface area contributed by atoms with E-state index in [4.69, 9.17) is 0 Å². The first-order valence-corrected chi connectivity index (χ1v) is 9.40. The maximum atomic E-state index is 12.5. The van der Waals surface area contributed by atoms with E-state index in [1.165, 1.54) is 0 Å². The van der Waals surface area contributed by atoms with Crippen LogP contribution in [0.25, 0.3) is 0 Å². The summed E-state index contributed by atoms with van der Waals surface area (Å²) in [6.07, 6.45) is 7.73. The Morgan fingerprint density at radius 2 is 1.79 bits per heavy atom. The lowest BCUT2D eigenvalue weighted by Crippen LogP contribution is -2.51. The molecule has 0 radical (unpaired) electrons. The van der Waals surface area contributed by atoms with Crippen LogP contribution in [-0.2, 0) is 14.4 Å². The number of carbonyl (C=O) groups excluding carboxylic acids is 3. The first-order valence-electron chi connectivity index (χ1n) is 9.40. The van der Waals surface area contributed by atoms with Crippen LogP contribution >= 0.6 is 0 Å². The summed E-state index contributed by atoms with van der Waals surface area (Å²) in [5.41, 5.74) is 0.200. The van der Waals surface area contributed by atoms with Crippen LogP contribution in [0.1, 0.15) is 57.8 Å². The van der Waals surface area contributed by atoms with Crippen LogP contribution < -0.4 is 5.32 Å². The largest absolute Gasteiger partial charge is 0.356 e. The predicted octanol–water partition coefficient (Wildman–Crippen LogP) is 1.30. The van der Waals surface area contributed by atoms with Crippen LogP contribution in [0.3, 0.4) is 0 Å². The van der Waals surface area contributed by atoms with Gasteiger partial charge in [-0.05, 0) is 37.5 Å². The molecule has 134 valence electrons. The number of piperidine rings is 2. The summed E-state index contributed by atoms with van der Waals surface area (Å²) in [7, 11) is 0. The van der Waals surface area contributed by atoms with E-state index in [9.17, 15) is 14.4 Å². The van der Waals surface area contributed by atoms with Crippen LogP contribution in [0, 0.1) is 5.41 Å². The molecule has 3 aliphatic rings. The molecule has 0 aliphatic carbocycles. The Balaban J connectivity index is 1.43. The van der Waals surface area contributed by atoms with Crippen molar-refractivity contribution in [3.05, 3.63) is 0 Å². The molecule has 3 amide bonds. The predicted molar refractivity (Wildman–Crippen MR) is 90.2 cm³/mol. The van der Waals surface area contributed by atoms with E-state index in [-0.39, 0.29) is 23.1 Å². The molecule has 0 bridgehead atoms. The summed E-state index contributed by atoms with van der Waals surface area (Å²) < 4.78 is 0. The van der Waals surface area contributed by atoms with E-state index in [2.05, 4.69) is 5.32 Å². The van der Waals surface area contributed by atoms with Gasteiger partial charge in [0.2, 0.25) is 17.7 Å². The molecule has 3 rings (SSSR count). The van der Waals surface area contributed by atoms with E-state index in [1.807, 2.05) is 9.80 Å². The molecule has 0 unspecified atom stereocenters. The summed E-state index contributed by atoms with van der Waals surface area (Å²) in [4.78, 5) is 39.6. The third-order valence-electron chi connectivity index (χ3n) is 5.99. The fourth-order valence-electron chi connectivity index (χ4n) is 4.16. The van der Waals surface area contributed by atoms with Gasteiger partial charge in [-0.3, -0.25) is 14.4 Å². The third-order valence-corrected chi connectivity index (χ3v) is 5.99. The van der Waals surface area contributed by atoms with Crippen LogP contribution in [-0.4, -0.2) is 60.2 Å². The Hall–Kier alpha value is -1.59. The molecule has 0 aromatic heterocycles. The second-order valence-electron chi connectivity index (χ2n) is 7.60. The summed E-state index contributed by atoms with van der Waals surface area (Å²) in [6, 6.07) is 0. The lowest BCUT2D eigenvalue weighted by Gasteiger charge is -2.44. The molecule has 0 saturated carbocycles. The highest BCUT2D eigenvalue weighted by atomic mass is 16.2. The van der Waals surface area contributed by atoms with Crippen LogP contribution in [0.2, 0.25) is 0 Å². The molecule has 3 saturated heterocycles. The maximum Gasteiger partial charge on any atom is 0.224 e. The Bertz CT molecular complexity index is 486. The summed E-state index contributed by atoms with van der Waals surface area (Å²) in [5, 5.41) is 2.98. The van der Waals surface area contributed by atoms with E-state index in [0.717, 1.165) is 64.7 Å². The van der Waals surface area contributed by atoms with Gasteiger partial charge in [0.25, 0.3) is 0 Å². The Morgan fingerprint density at radius 3 is 2.50 bits per heavy atom. The molecule has 0 aromatic carbocycles. The molecule has 0 atom stereocenters. The quantitative estimate of drug-likeness (QED) is 0.845. The SMILES string of the molecule is O=C1CCC2(CCN(C(=O)CCN3CCCCCC3=O)CC2)CN1. The van der Waals surface area contributed by atoms with Crippen molar-refractivity contribution in [1.29, 1.82) is 0 Å². The number of carbonyl (C=O) groups is 3. The highest BCUT2D eigenvalue weighted by Crippen LogP contribution is 2.37. The minimum absolute atomic E-state index is 0.154. The van der Waals surface area contributed by atoms with Gasteiger partial charge in [-0.2, -0.15) is 0 Å². The highest BCUT2D eigenvalue weighted by Gasteiger charge is 2.38. The van der Waals surface area contributed by atoms with Crippen LogP contribution in [0.15, 0.2) is 0 Å². The van der Waals surface area contributed by atoms with Crippen molar-refractivity contribution in [3.8, 4) is 0 Å². The molecule has 1 N–H and O–H groups in total. The fourth-order valence-corrected chi connectivity index (χ4v) is 4.16. The van der Waals surface area contributed by atoms with Gasteiger partial charge in [-0.25, -0.2) is 0 Å². The number of nitrogens with one attached hydrogen (secondary N) is 1. The monoisotopic (exact) mass is 335 g/mol. The first kappa shape index (κ1) is 17.2. The van der Waals surface area contributed by atoms with E-state index < -0.39 is 0 Å². The van der Waals surface area contributed by atoms with Gasteiger partial charge in [0.1, 0.15) is 0 Å². The zero-order chi connectivity index (χ0) is 17.0. The van der Waals surface area contributed by atoms with Gasteiger partial charge in [-0.1, -0.05) is 6.42 Å². The average molecular weight is 335 g/mol. The summed E-state index contributed by atoms with van der Waals surface area (Å²) >= 11 is 0. The maximum absolute atomic E-state index is 12.5. The number of likely N-dealkylation sites (tertiary alicyclic amines) is 2. The molecule has 3 aliphatic heterocycles. The summed E-state index contributed by atoms with van der Waals surface area (Å²) in [5.74, 6) is 0.527. The number of hydrogen-bond donors (Lipinski definition) is 1. The second kappa shape index (κ2) is 7.53. The number of amides is 3.